The Hall–Kier alpha value is -1.08. The highest BCUT2D eigenvalue weighted by Gasteiger charge is 2.24. The molecule has 2 unspecified atom stereocenters. The molecule has 0 fully saturated rings. The van der Waals surface area contributed by atoms with E-state index < -0.39 is 0 Å². The Morgan fingerprint density at radius 2 is 1.21 bits per heavy atom. The molecule has 0 bridgehead atoms. The van der Waals surface area contributed by atoms with Gasteiger partial charge in [0.15, 0.2) is 0 Å². The molecule has 0 aromatic heterocycles. The number of hydrogen-bond acceptors (Lipinski definition) is 4. The third kappa shape index (κ3) is 5.21. The summed E-state index contributed by atoms with van der Waals surface area (Å²) in [6, 6.07) is 1.25. The third-order valence-electron chi connectivity index (χ3n) is 5.50. The van der Waals surface area contributed by atoms with Gasteiger partial charge in [-0.2, -0.15) is 0 Å². The van der Waals surface area contributed by atoms with E-state index in [1.807, 2.05) is 0 Å². The van der Waals surface area contributed by atoms with Crippen LogP contribution < -0.4 is 20.8 Å². The fourth-order valence-electron chi connectivity index (χ4n) is 3.32. The van der Waals surface area contributed by atoms with Gasteiger partial charge in [-0.15, -0.1) is 0 Å². The van der Waals surface area contributed by atoms with Gasteiger partial charge in [-0.1, -0.05) is 0 Å². The van der Waals surface area contributed by atoms with Crippen LogP contribution >= 0.6 is 0 Å². The Bertz CT molecular complexity index is 445. The second-order valence-corrected chi connectivity index (χ2v) is 7.68. The van der Waals surface area contributed by atoms with Crippen molar-refractivity contribution >= 4 is 0 Å². The van der Waals surface area contributed by atoms with Crippen molar-refractivity contribution in [1.29, 1.82) is 0 Å². The van der Waals surface area contributed by atoms with Crippen LogP contribution in [0.2, 0.25) is 0 Å². The summed E-state index contributed by atoms with van der Waals surface area (Å²) in [5.74, 6) is 0. The lowest BCUT2D eigenvalue weighted by atomic mass is 10.0. The van der Waals surface area contributed by atoms with Crippen molar-refractivity contribution in [3.63, 3.8) is 0 Å². The number of hydroxylamine groups is 2. The summed E-state index contributed by atoms with van der Waals surface area (Å²) in [7, 11) is 4.49. The highest BCUT2D eigenvalue weighted by atomic mass is 16.7. The molecule has 2 heterocycles. The van der Waals surface area contributed by atoms with E-state index in [0.717, 1.165) is 25.9 Å². The molecule has 0 aliphatic carbocycles. The summed E-state index contributed by atoms with van der Waals surface area (Å²) in [6.07, 6.45) is 2.08. The van der Waals surface area contributed by atoms with Crippen molar-refractivity contribution in [1.82, 2.24) is 11.0 Å². The van der Waals surface area contributed by atoms with Crippen molar-refractivity contribution in [2.75, 3.05) is 40.4 Å². The topological polar surface area (TPSA) is 51.4 Å². The van der Waals surface area contributed by atoms with Crippen molar-refractivity contribution in [2.45, 2.75) is 52.6 Å². The van der Waals surface area contributed by atoms with Gasteiger partial charge < -0.3 is 9.80 Å². The Labute approximate surface area is 146 Å². The third-order valence-corrected chi connectivity index (χ3v) is 5.50. The first-order chi connectivity index (χ1) is 11.4. The second-order valence-electron chi connectivity index (χ2n) is 7.68. The van der Waals surface area contributed by atoms with E-state index in [-0.39, 0.29) is 0 Å². The summed E-state index contributed by atoms with van der Waals surface area (Å²) >= 11 is 0. The van der Waals surface area contributed by atoms with Crippen LogP contribution in [0.15, 0.2) is 22.5 Å². The molecule has 0 saturated carbocycles. The number of nitrogens with one attached hydrogen (secondary N) is 4. The zero-order valence-electron chi connectivity index (χ0n) is 16.2. The summed E-state index contributed by atoms with van der Waals surface area (Å²) < 4.78 is 0. The molecule has 138 valence electrons. The summed E-state index contributed by atoms with van der Waals surface area (Å²) in [6.45, 7) is 12.1. The largest absolute Gasteiger partial charge is 0.331 e. The number of rotatable bonds is 7. The van der Waals surface area contributed by atoms with Crippen LogP contribution in [-0.2, 0) is 9.68 Å². The van der Waals surface area contributed by atoms with Crippen LogP contribution in [0.25, 0.3) is 0 Å². The van der Waals surface area contributed by atoms with Crippen LogP contribution in [0.5, 0.6) is 0 Å². The van der Waals surface area contributed by atoms with E-state index >= 15 is 0 Å². The Kier molecular flexibility index (Phi) is 7.10. The molecule has 6 heteroatoms. The second kappa shape index (κ2) is 8.85. The maximum absolute atomic E-state index is 5.58. The summed E-state index contributed by atoms with van der Waals surface area (Å²) in [4.78, 5) is 14.3. The average Bonchev–Trinajstić information content (AvgIpc) is 2.52. The predicted molar refractivity (Wildman–Crippen MR) is 95.2 cm³/mol. The van der Waals surface area contributed by atoms with Crippen LogP contribution in [0, 0.1) is 0 Å². The maximum atomic E-state index is 5.58. The number of hydrogen-bond donors (Lipinski definition) is 4. The Morgan fingerprint density at radius 3 is 1.58 bits per heavy atom. The average molecular weight is 341 g/mol. The Morgan fingerprint density at radius 1 is 0.833 bits per heavy atom. The zero-order chi connectivity index (χ0) is 17.7. The van der Waals surface area contributed by atoms with Crippen LogP contribution in [0.3, 0.4) is 0 Å². The van der Waals surface area contributed by atoms with Gasteiger partial charge in [0.25, 0.3) is 0 Å². The quantitative estimate of drug-likeness (QED) is 0.362. The van der Waals surface area contributed by atoms with Gasteiger partial charge in [0.2, 0.25) is 0 Å². The van der Waals surface area contributed by atoms with Crippen LogP contribution in [-0.4, -0.2) is 52.5 Å². The van der Waals surface area contributed by atoms with Gasteiger partial charge >= 0.3 is 0 Å². The van der Waals surface area contributed by atoms with Gasteiger partial charge in [0, 0.05) is 35.4 Å². The van der Waals surface area contributed by atoms with E-state index in [9.17, 15) is 0 Å². The number of quaternary nitrogens is 2. The molecule has 0 aromatic rings. The molecule has 2 aliphatic heterocycles. The van der Waals surface area contributed by atoms with Gasteiger partial charge in [-0.25, -0.2) is 0 Å². The minimum absolute atomic E-state index is 0.522. The van der Waals surface area contributed by atoms with Gasteiger partial charge in [-0.05, 0) is 27.7 Å². The fraction of sp³-hybridized carbons (Fsp3) is 0.778. The number of likely N-dealkylation sites (N-methyl/N-ethyl adjacent to an activating group) is 2. The molecule has 4 atom stereocenters. The van der Waals surface area contributed by atoms with Gasteiger partial charge in [0.1, 0.15) is 26.3 Å². The van der Waals surface area contributed by atoms with Crippen molar-refractivity contribution < 1.29 is 19.5 Å². The fourth-order valence-corrected chi connectivity index (χ4v) is 3.32. The first-order valence-corrected chi connectivity index (χ1v) is 9.16. The van der Waals surface area contributed by atoms with Crippen LogP contribution in [0.4, 0.5) is 0 Å². The molecule has 4 N–H and O–H groups in total. The molecular formula is C18H36N4O2+2. The van der Waals surface area contributed by atoms with Crippen LogP contribution in [0.1, 0.15) is 40.5 Å². The highest BCUT2D eigenvalue weighted by Crippen LogP contribution is 2.11. The molecule has 0 saturated heterocycles. The van der Waals surface area contributed by atoms with Gasteiger partial charge in [0.05, 0.1) is 26.2 Å². The first kappa shape index (κ1) is 19.2. The van der Waals surface area contributed by atoms with Crippen molar-refractivity contribution in [3.8, 4) is 0 Å². The standard InChI is InChI=1S/C18H34N4O2/c1-13-11-21(5)15(3)9-17(13)19-23-7-8-24-20-18-10-16(4)22(6)12-14(18)2/h15-16,19-20H,7-12H2,1-6H3/p+2/t15-,16-/m0/s1. The molecule has 2 aliphatic rings. The normalized spacial score (nSPS) is 31.4. The molecule has 0 radical (unpaired) electrons. The van der Waals surface area contributed by atoms with E-state index in [4.69, 9.17) is 9.68 Å². The maximum Gasteiger partial charge on any atom is 0.101 e. The highest BCUT2D eigenvalue weighted by molar-refractivity contribution is 5.12. The molecule has 2 rings (SSSR count). The van der Waals surface area contributed by atoms with Crippen molar-refractivity contribution in [2.24, 2.45) is 0 Å². The minimum atomic E-state index is 0.522. The lowest BCUT2D eigenvalue weighted by Crippen LogP contribution is -3.13. The summed E-state index contributed by atoms with van der Waals surface area (Å²) in [5, 5.41) is 0. The van der Waals surface area contributed by atoms with E-state index in [2.05, 4.69) is 52.8 Å². The van der Waals surface area contributed by atoms with Crippen molar-refractivity contribution in [3.05, 3.63) is 22.5 Å². The lowest BCUT2D eigenvalue weighted by Gasteiger charge is -2.30. The SMILES string of the molecule is CC1=C(NOCCONC2=C(C)C[NH+](C)[C@@H](C)C2)C[C@H](C)[NH+](C)C1. The molecular weight excluding hydrogens is 304 g/mol. The molecule has 24 heavy (non-hydrogen) atoms. The van der Waals surface area contributed by atoms with E-state index in [0.29, 0.717) is 25.3 Å². The smallest absolute Gasteiger partial charge is 0.101 e. The molecule has 6 nitrogen and oxygen atoms in total. The molecule has 0 spiro atoms. The molecule has 0 aromatic carbocycles. The van der Waals surface area contributed by atoms with Gasteiger partial charge in [-0.3, -0.25) is 20.6 Å². The minimum Gasteiger partial charge on any atom is -0.331 e. The first-order valence-electron chi connectivity index (χ1n) is 9.16. The lowest BCUT2D eigenvalue weighted by molar-refractivity contribution is -0.901. The monoisotopic (exact) mass is 340 g/mol. The predicted octanol–water partition coefficient (Wildman–Crippen LogP) is -0.809. The van der Waals surface area contributed by atoms with E-state index in [1.165, 1.54) is 22.5 Å². The summed E-state index contributed by atoms with van der Waals surface area (Å²) in [5.41, 5.74) is 11.5. The molecule has 0 amide bonds. The Balaban J connectivity index is 1.64. The van der Waals surface area contributed by atoms with E-state index in [1.54, 1.807) is 9.80 Å². The zero-order valence-corrected chi connectivity index (χ0v) is 16.2.